The van der Waals surface area contributed by atoms with Gasteiger partial charge in [-0.1, -0.05) is 24.9 Å². The minimum Gasteiger partial charge on any atom is -0.495 e. The number of carbonyl (C=O) groups excluding carboxylic acids is 2. The molecule has 0 saturated heterocycles. The van der Waals surface area contributed by atoms with Gasteiger partial charge in [-0.25, -0.2) is 4.98 Å². The number of hydrogen-bond acceptors (Lipinski definition) is 6. The molecule has 0 radical (unpaired) electrons. The summed E-state index contributed by atoms with van der Waals surface area (Å²) >= 11 is 6.09. The molecule has 0 saturated carbocycles. The molecule has 13 heteroatoms. The van der Waals surface area contributed by atoms with Crippen molar-refractivity contribution in [1.29, 1.82) is 0 Å². The zero-order chi connectivity index (χ0) is 28.7. The molecule has 3 rings (SSSR count). The fourth-order valence-corrected chi connectivity index (χ4v) is 3.94. The van der Waals surface area contributed by atoms with Crippen molar-refractivity contribution in [2.24, 2.45) is 0 Å². The molecule has 1 atom stereocenters. The van der Waals surface area contributed by atoms with Crippen LogP contribution in [0.2, 0.25) is 5.02 Å². The van der Waals surface area contributed by atoms with Crippen LogP contribution in [0.25, 0.3) is 11.1 Å². The van der Waals surface area contributed by atoms with Crippen LogP contribution in [0, 0.1) is 0 Å². The average Bonchev–Trinajstić information content (AvgIpc) is 2.90. The summed E-state index contributed by atoms with van der Waals surface area (Å²) in [6.45, 7) is 0.297. The summed E-state index contributed by atoms with van der Waals surface area (Å²) in [6, 6.07) is 7.14. The lowest BCUT2D eigenvalue weighted by Gasteiger charge is -2.21. The minimum atomic E-state index is -4.58. The van der Waals surface area contributed by atoms with Crippen LogP contribution < -0.4 is 25.7 Å². The molecule has 1 unspecified atom stereocenters. The fourth-order valence-electron chi connectivity index (χ4n) is 3.77. The standard InChI is InChI=1S/C26H26ClF3N4O5/c1-4-5-20(25(37)33-16-7-8-19(32-12-16)24(36)31-2)34-13-22(38-3)18(11-23(34)35)17-10-15(27)6-9-21(17)39-14-26(28,29)30/h6-13,20H,4-5,14H2,1-3H3,(H,31,36)(H,33,37). The van der Waals surface area contributed by atoms with Gasteiger partial charge in [0.05, 0.1) is 25.2 Å². The van der Waals surface area contributed by atoms with Crippen molar-refractivity contribution in [2.45, 2.75) is 32.0 Å². The Hall–Kier alpha value is -4.06. The molecule has 39 heavy (non-hydrogen) atoms. The lowest BCUT2D eigenvalue weighted by molar-refractivity contribution is -0.153. The zero-order valence-corrected chi connectivity index (χ0v) is 22.0. The number of aromatic nitrogens is 2. The molecule has 0 spiro atoms. The number of benzene rings is 1. The second-order valence-corrected chi connectivity index (χ2v) is 8.79. The Labute approximate surface area is 226 Å². The number of ether oxygens (including phenoxy) is 2. The lowest BCUT2D eigenvalue weighted by atomic mass is 10.0. The normalized spacial score (nSPS) is 12.0. The molecule has 9 nitrogen and oxygen atoms in total. The van der Waals surface area contributed by atoms with Crippen LogP contribution in [-0.4, -0.2) is 48.3 Å². The highest BCUT2D eigenvalue weighted by Crippen LogP contribution is 2.38. The van der Waals surface area contributed by atoms with E-state index in [-0.39, 0.29) is 45.7 Å². The molecule has 0 bridgehead atoms. The number of alkyl halides is 3. The molecular formula is C26H26ClF3N4O5. The van der Waals surface area contributed by atoms with Gasteiger partial charge in [0, 0.05) is 29.3 Å². The van der Waals surface area contributed by atoms with Gasteiger partial charge in [-0.2, -0.15) is 13.2 Å². The van der Waals surface area contributed by atoms with Crippen molar-refractivity contribution in [3.63, 3.8) is 0 Å². The molecule has 208 valence electrons. The van der Waals surface area contributed by atoms with Gasteiger partial charge in [0.15, 0.2) is 6.61 Å². The largest absolute Gasteiger partial charge is 0.495 e. The number of methoxy groups -OCH3 is 1. The van der Waals surface area contributed by atoms with E-state index in [1.807, 2.05) is 6.92 Å². The summed E-state index contributed by atoms with van der Waals surface area (Å²) in [4.78, 5) is 42.1. The van der Waals surface area contributed by atoms with E-state index in [1.54, 1.807) is 0 Å². The molecule has 3 aromatic rings. The van der Waals surface area contributed by atoms with E-state index in [2.05, 4.69) is 15.6 Å². The van der Waals surface area contributed by atoms with Gasteiger partial charge in [-0.3, -0.25) is 19.0 Å². The number of hydrogen-bond donors (Lipinski definition) is 2. The molecule has 1 aromatic carbocycles. The lowest BCUT2D eigenvalue weighted by Crippen LogP contribution is -2.33. The second-order valence-electron chi connectivity index (χ2n) is 8.35. The van der Waals surface area contributed by atoms with Crippen molar-refractivity contribution in [1.82, 2.24) is 14.9 Å². The first-order chi connectivity index (χ1) is 18.5. The average molecular weight is 567 g/mol. The van der Waals surface area contributed by atoms with E-state index >= 15 is 0 Å². The Morgan fingerprint density at radius 3 is 2.44 bits per heavy atom. The molecule has 0 aliphatic rings. The van der Waals surface area contributed by atoms with Crippen molar-refractivity contribution in [2.75, 3.05) is 26.1 Å². The van der Waals surface area contributed by atoms with Crippen LogP contribution in [0.15, 0.2) is 53.6 Å². The van der Waals surface area contributed by atoms with Crippen molar-refractivity contribution < 1.29 is 32.2 Å². The van der Waals surface area contributed by atoms with Crippen molar-refractivity contribution >= 4 is 29.1 Å². The Morgan fingerprint density at radius 1 is 1.13 bits per heavy atom. The van der Waals surface area contributed by atoms with Crippen molar-refractivity contribution in [3.05, 3.63) is 69.9 Å². The van der Waals surface area contributed by atoms with E-state index in [0.29, 0.717) is 12.1 Å². The number of carbonyl (C=O) groups is 2. The molecule has 2 N–H and O–H groups in total. The summed E-state index contributed by atoms with van der Waals surface area (Å²) in [5.41, 5.74) is 0.136. The molecule has 0 aliphatic heterocycles. The third-order valence-electron chi connectivity index (χ3n) is 5.58. The molecule has 2 aromatic heterocycles. The number of halogens is 4. The molecule has 2 heterocycles. The number of nitrogens with zero attached hydrogens (tertiary/aromatic N) is 2. The molecular weight excluding hydrogens is 541 g/mol. The molecule has 0 fully saturated rings. The quantitative estimate of drug-likeness (QED) is 0.363. The SMILES string of the molecule is CCCC(C(=O)Nc1ccc(C(=O)NC)nc1)n1cc(OC)c(-c2cc(Cl)ccc2OCC(F)(F)F)cc1=O. The number of anilines is 1. The predicted molar refractivity (Wildman–Crippen MR) is 139 cm³/mol. The Morgan fingerprint density at radius 2 is 1.85 bits per heavy atom. The van der Waals surface area contributed by atoms with Crippen LogP contribution in [-0.2, 0) is 4.79 Å². The summed E-state index contributed by atoms with van der Waals surface area (Å²) in [5.74, 6) is -0.940. The van der Waals surface area contributed by atoms with E-state index in [1.165, 1.54) is 61.5 Å². The minimum absolute atomic E-state index is 0.110. The highest BCUT2D eigenvalue weighted by atomic mass is 35.5. The number of nitrogens with one attached hydrogen (secondary N) is 2. The number of amides is 2. The third kappa shape index (κ3) is 7.50. The third-order valence-corrected chi connectivity index (χ3v) is 5.81. The zero-order valence-electron chi connectivity index (χ0n) is 21.3. The first-order valence-corrected chi connectivity index (χ1v) is 12.1. The van der Waals surface area contributed by atoms with Gasteiger partial charge in [-0.15, -0.1) is 0 Å². The number of pyridine rings is 2. The van der Waals surface area contributed by atoms with Crippen LogP contribution >= 0.6 is 11.6 Å². The monoisotopic (exact) mass is 566 g/mol. The van der Waals surface area contributed by atoms with Gasteiger partial charge < -0.3 is 20.1 Å². The first kappa shape index (κ1) is 29.5. The van der Waals surface area contributed by atoms with E-state index in [4.69, 9.17) is 21.1 Å². The second kappa shape index (κ2) is 12.7. The maximum Gasteiger partial charge on any atom is 0.422 e. The van der Waals surface area contributed by atoms with Crippen LogP contribution in [0.4, 0.5) is 18.9 Å². The van der Waals surface area contributed by atoms with E-state index in [9.17, 15) is 27.6 Å². The Kier molecular flexibility index (Phi) is 9.57. The Balaban J connectivity index is 1.98. The molecule has 2 amide bonds. The maximum absolute atomic E-state index is 13.2. The maximum atomic E-state index is 13.2. The van der Waals surface area contributed by atoms with Gasteiger partial charge in [0.2, 0.25) is 5.91 Å². The summed E-state index contributed by atoms with van der Waals surface area (Å²) < 4.78 is 50.0. The fraction of sp³-hybridized carbons (Fsp3) is 0.308. The van der Waals surface area contributed by atoms with Crippen LogP contribution in [0.5, 0.6) is 11.5 Å². The van der Waals surface area contributed by atoms with Crippen LogP contribution in [0.3, 0.4) is 0 Å². The van der Waals surface area contributed by atoms with Crippen molar-refractivity contribution in [3.8, 4) is 22.6 Å². The van der Waals surface area contributed by atoms with Gasteiger partial charge in [0.25, 0.3) is 11.5 Å². The Bertz CT molecular complexity index is 1390. The smallest absolute Gasteiger partial charge is 0.422 e. The van der Waals surface area contributed by atoms with Gasteiger partial charge in [0.1, 0.15) is 23.2 Å². The highest BCUT2D eigenvalue weighted by molar-refractivity contribution is 6.31. The summed E-state index contributed by atoms with van der Waals surface area (Å²) in [7, 11) is 2.79. The topological polar surface area (TPSA) is 112 Å². The van der Waals surface area contributed by atoms with E-state index in [0.717, 1.165) is 6.07 Å². The highest BCUT2D eigenvalue weighted by Gasteiger charge is 2.29. The summed E-state index contributed by atoms with van der Waals surface area (Å²) in [5, 5.41) is 5.34. The van der Waals surface area contributed by atoms with Gasteiger partial charge in [-0.05, 0) is 36.8 Å². The summed E-state index contributed by atoms with van der Waals surface area (Å²) in [6.07, 6.45) is -1.11. The van der Waals surface area contributed by atoms with Gasteiger partial charge >= 0.3 is 6.18 Å². The predicted octanol–water partition coefficient (Wildman–Crippen LogP) is 4.85. The molecule has 0 aliphatic carbocycles. The van der Waals surface area contributed by atoms with E-state index < -0.39 is 30.3 Å². The first-order valence-electron chi connectivity index (χ1n) is 11.8. The van der Waals surface area contributed by atoms with Crippen LogP contribution in [0.1, 0.15) is 36.3 Å². The number of rotatable bonds is 10.